The van der Waals surface area contributed by atoms with E-state index in [2.05, 4.69) is 0 Å². The summed E-state index contributed by atoms with van der Waals surface area (Å²) in [6.07, 6.45) is -1.48. The number of hydrogen-bond donors (Lipinski definition) is 1. The third kappa shape index (κ3) is 5.84. The molecule has 9 heteroatoms. The summed E-state index contributed by atoms with van der Waals surface area (Å²) < 4.78 is 38.0. The number of alkyl halides is 3. The van der Waals surface area contributed by atoms with Crippen LogP contribution in [0.2, 0.25) is 0 Å². The summed E-state index contributed by atoms with van der Waals surface area (Å²) in [7, 11) is 0. The second kappa shape index (κ2) is 8.93. The van der Waals surface area contributed by atoms with Crippen LogP contribution in [-0.4, -0.2) is 65.0 Å². The Balaban J connectivity index is 1.94. The fourth-order valence-corrected chi connectivity index (χ4v) is 4.04. The van der Waals surface area contributed by atoms with Crippen LogP contribution >= 0.6 is 0 Å². The summed E-state index contributed by atoms with van der Waals surface area (Å²) in [5.74, 6) is -2.77. The van der Waals surface area contributed by atoms with Crippen LogP contribution in [0.3, 0.4) is 0 Å². The fourth-order valence-electron chi connectivity index (χ4n) is 4.04. The van der Waals surface area contributed by atoms with Gasteiger partial charge >= 0.3 is 12.1 Å². The molecule has 6 nitrogen and oxygen atoms in total. The van der Waals surface area contributed by atoms with Crippen molar-refractivity contribution in [1.29, 1.82) is 0 Å². The molecular formula is C18H27F3N2O4. The van der Waals surface area contributed by atoms with Crippen molar-refractivity contribution in [3.63, 3.8) is 0 Å². The number of halogens is 3. The Morgan fingerprint density at radius 3 is 2.15 bits per heavy atom. The smallest absolute Gasteiger partial charge is 0.406 e. The van der Waals surface area contributed by atoms with Gasteiger partial charge in [-0.1, -0.05) is 0 Å². The van der Waals surface area contributed by atoms with E-state index in [-0.39, 0.29) is 24.9 Å². The molecule has 1 heterocycles. The average molecular weight is 392 g/mol. The van der Waals surface area contributed by atoms with Gasteiger partial charge in [0.15, 0.2) is 0 Å². The van der Waals surface area contributed by atoms with E-state index in [9.17, 15) is 27.6 Å². The number of carbonyl (C=O) groups excluding carboxylic acids is 2. The molecule has 2 rings (SSSR count). The van der Waals surface area contributed by atoms with Gasteiger partial charge in [-0.2, -0.15) is 13.2 Å². The van der Waals surface area contributed by atoms with Crippen LogP contribution in [0.4, 0.5) is 13.2 Å². The number of carbonyl (C=O) groups is 3. The molecule has 1 unspecified atom stereocenters. The third-order valence-corrected chi connectivity index (χ3v) is 5.57. The van der Waals surface area contributed by atoms with E-state index >= 15 is 0 Å². The normalized spacial score (nSPS) is 26.5. The van der Waals surface area contributed by atoms with Crippen molar-refractivity contribution in [3.8, 4) is 0 Å². The Labute approximate surface area is 156 Å². The van der Waals surface area contributed by atoms with Crippen molar-refractivity contribution in [2.24, 2.45) is 17.8 Å². The Bertz CT molecular complexity index is 559. The summed E-state index contributed by atoms with van der Waals surface area (Å²) in [5, 5.41) is 9.05. The number of likely N-dealkylation sites (tertiary alicyclic amines) is 1. The first kappa shape index (κ1) is 21.5. The largest absolute Gasteiger partial charge is 0.481 e. The van der Waals surface area contributed by atoms with Crippen molar-refractivity contribution in [1.82, 2.24) is 9.80 Å². The van der Waals surface area contributed by atoms with Gasteiger partial charge in [-0.05, 0) is 45.4 Å². The van der Waals surface area contributed by atoms with Crippen LogP contribution < -0.4 is 0 Å². The van der Waals surface area contributed by atoms with E-state index < -0.39 is 36.4 Å². The van der Waals surface area contributed by atoms with Crippen molar-refractivity contribution < 1.29 is 32.7 Å². The van der Waals surface area contributed by atoms with Gasteiger partial charge < -0.3 is 14.9 Å². The molecule has 2 fully saturated rings. The van der Waals surface area contributed by atoms with Crippen LogP contribution in [0.5, 0.6) is 0 Å². The number of hydrogen-bond acceptors (Lipinski definition) is 3. The maximum Gasteiger partial charge on any atom is 0.406 e. The molecule has 154 valence electrons. The van der Waals surface area contributed by atoms with Gasteiger partial charge in [0, 0.05) is 25.6 Å². The molecule has 0 aromatic rings. The highest BCUT2D eigenvalue weighted by molar-refractivity contribution is 5.82. The molecular weight excluding hydrogens is 365 g/mol. The summed E-state index contributed by atoms with van der Waals surface area (Å²) in [4.78, 5) is 38.6. The number of carboxylic acids is 1. The minimum atomic E-state index is -4.45. The summed E-state index contributed by atoms with van der Waals surface area (Å²) in [6.45, 7) is 0.849. The Hall–Kier alpha value is -1.80. The number of nitrogens with zero attached hydrogens (tertiary/aromatic N) is 2. The highest BCUT2D eigenvalue weighted by Crippen LogP contribution is 2.31. The van der Waals surface area contributed by atoms with Gasteiger partial charge in [0.05, 0.1) is 11.8 Å². The van der Waals surface area contributed by atoms with Gasteiger partial charge in [0.1, 0.15) is 6.54 Å². The maximum atomic E-state index is 12.7. The van der Waals surface area contributed by atoms with Crippen LogP contribution in [0.25, 0.3) is 0 Å². The third-order valence-electron chi connectivity index (χ3n) is 5.57. The first-order chi connectivity index (χ1) is 12.6. The summed E-state index contributed by atoms with van der Waals surface area (Å²) in [6, 6.07) is 0. The molecule has 0 aromatic carbocycles. The van der Waals surface area contributed by atoms with Crippen molar-refractivity contribution >= 4 is 17.8 Å². The Kier molecular flexibility index (Phi) is 7.11. The molecule has 0 radical (unpaired) electrons. The van der Waals surface area contributed by atoms with Crippen molar-refractivity contribution in [2.45, 2.75) is 51.6 Å². The zero-order valence-electron chi connectivity index (χ0n) is 15.5. The minimum Gasteiger partial charge on any atom is -0.481 e. The molecule has 0 bridgehead atoms. The molecule has 27 heavy (non-hydrogen) atoms. The second-order valence-corrected chi connectivity index (χ2v) is 7.48. The van der Waals surface area contributed by atoms with E-state index in [0.29, 0.717) is 45.1 Å². The lowest BCUT2D eigenvalue weighted by atomic mass is 9.81. The number of aliphatic carboxylic acids is 1. The van der Waals surface area contributed by atoms with E-state index in [1.54, 1.807) is 4.90 Å². The monoisotopic (exact) mass is 392 g/mol. The predicted molar refractivity (Wildman–Crippen MR) is 90.7 cm³/mol. The number of rotatable bonds is 5. The molecule has 1 aliphatic carbocycles. The van der Waals surface area contributed by atoms with E-state index in [4.69, 9.17) is 5.11 Å². The topological polar surface area (TPSA) is 77.9 Å². The van der Waals surface area contributed by atoms with Crippen LogP contribution in [-0.2, 0) is 14.4 Å². The zero-order valence-corrected chi connectivity index (χ0v) is 15.5. The van der Waals surface area contributed by atoms with Gasteiger partial charge in [-0.15, -0.1) is 0 Å². The SMILES string of the molecule is CCN(CC(F)(F)F)C(=O)C1CCCN(C(=O)C2CCC(C(=O)O)CC2)C1. The Morgan fingerprint density at radius 1 is 1.04 bits per heavy atom. The lowest BCUT2D eigenvalue weighted by molar-refractivity contribution is -0.165. The fraction of sp³-hybridized carbons (Fsp3) is 0.833. The van der Waals surface area contributed by atoms with E-state index in [0.717, 1.165) is 4.90 Å². The van der Waals surface area contributed by atoms with Gasteiger partial charge in [-0.25, -0.2) is 0 Å². The summed E-state index contributed by atoms with van der Waals surface area (Å²) >= 11 is 0. The zero-order chi connectivity index (χ0) is 20.2. The molecule has 1 atom stereocenters. The van der Waals surface area contributed by atoms with Crippen LogP contribution in [0, 0.1) is 17.8 Å². The molecule has 1 aliphatic heterocycles. The second-order valence-electron chi connectivity index (χ2n) is 7.48. The number of amides is 2. The Morgan fingerprint density at radius 2 is 1.63 bits per heavy atom. The molecule has 1 saturated carbocycles. The predicted octanol–water partition coefficient (Wildman–Crippen LogP) is 2.53. The standard InChI is InChI=1S/C18H27F3N2O4/c1-2-22(11-18(19,20)21)16(25)14-4-3-9-23(10-14)15(24)12-5-7-13(8-6-12)17(26)27/h12-14H,2-11H2,1H3,(H,26,27). The minimum absolute atomic E-state index is 0.0258. The number of piperidine rings is 1. The molecule has 2 amide bonds. The molecule has 1 N–H and O–H groups in total. The number of carboxylic acid groups (broad SMARTS) is 1. The van der Waals surface area contributed by atoms with Crippen molar-refractivity contribution in [3.05, 3.63) is 0 Å². The molecule has 0 aromatic heterocycles. The van der Waals surface area contributed by atoms with Crippen molar-refractivity contribution in [2.75, 3.05) is 26.2 Å². The van der Waals surface area contributed by atoms with Crippen LogP contribution in [0.15, 0.2) is 0 Å². The lowest BCUT2D eigenvalue weighted by Gasteiger charge is -2.37. The van der Waals surface area contributed by atoms with Gasteiger partial charge in [0.25, 0.3) is 0 Å². The van der Waals surface area contributed by atoms with E-state index in [1.807, 2.05) is 0 Å². The lowest BCUT2D eigenvalue weighted by Crippen LogP contribution is -2.50. The molecule has 1 saturated heterocycles. The van der Waals surface area contributed by atoms with Gasteiger partial charge in [0.2, 0.25) is 11.8 Å². The highest BCUT2D eigenvalue weighted by atomic mass is 19.4. The highest BCUT2D eigenvalue weighted by Gasteiger charge is 2.38. The quantitative estimate of drug-likeness (QED) is 0.780. The first-order valence-corrected chi connectivity index (χ1v) is 9.49. The average Bonchev–Trinajstić information content (AvgIpc) is 2.64. The molecule has 0 spiro atoms. The van der Waals surface area contributed by atoms with Crippen LogP contribution in [0.1, 0.15) is 45.4 Å². The van der Waals surface area contributed by atoms with E-state index in [1.165, 1.54) is 6.92 Å². The molecule has 2 aliphatic rings. The first-order valence-electron chi connectivity index (χ1n) is 9.49. The maximum absolute atomic E-state index is 12.7. The summed E-state index contributed by atoms with van der Waals surface area (Å²) in [5.41, 5.74) is 0. The van der Waals surface area contributed by atoms with Gasteiger partial charge in [-0.3, -0.25) is 14.4 Å².